The molecule has 0 saturated carbocycles. The largest absolute Gasteiger partial charge is 0.462 e. The van der Waals surface area contributed by atoms with E-state index in [4.69, 9.17) is 9.47 Å². The zero-order valence-corrected chi connectivity index (χ0v) is 22.1. The Labute approximate surface area is 224 Å². The summed E-state index contributed by atoms with van der Waals surface area (Å²) >= 11 is 0. The third-order valence-electron chi connectivity index (χ3n) is 6.42. The van der Waals surface area contributed by atoms with Crippen LogP contribution in [0.4, 0.5) is 26.3 Å². The van der Waals surface area contributed by atoms with Gasteiger partial charge in [-0.3, -0.25) is 0 Å². The highest BCUT2D eigenvalue weighted by atomic mass is 19.4. The zero-order valence-electron chi connectivity index (χ0n) is 22.1. The summed E-state index contributed by atoms with van der Waals surface area (Å²) in [5.74, 6) is -1.67. The average molecular weight is 561 g/mol. The molecule has 0 heterocycles. The summed E-state index contributed by atoms with van der Waals surface area (Å²) in [5.41, 5.74) is -6.96. The van der Waals surface area contributed by atoms with Crippen LogP contribution in [0.3, 0.4) is 0 Å². The summed E-state index contributed by atoms with van der Waals surface area (Å²) in [6.45, 7) is 4.22. The van der Waals surface area contributed by atoms with Gasteiger partial charge in [-0.2, -0.15) is 26.3 Å². The number of unbranched alkanes of at least 4 members (excludes halogenated alkanes) is 6. The van der Waals surface area contributed by atoms with Gasteiger partial charge in [-0.1, -0.05) is 76.6 Å². The van der Waals surface area contributed by atoms with Crippen molar-refractivity contribution < 1.29 is 45.4 Å². The molecule has 216 valence electrons. The van der Waals surface area contributed by atoms with Gasteiger partial charge < -0.3 is 9.47 Å². The van der Waals surface area contributed by atoms with Crippen molar-refractivity contribution in [3.8, 4) is 0 Å². The molecule has 4 nitrogen and oxygen atoms in total. The van der Waals surface area contributed by atoms with E-state index in [1.54, 1.807) is 0 Å². The summed E-state index contributed by atoms with van der Waals surface area (Å²) < 4.78 is 96.5. The molecule has 0 radical (unpaired) electrons. The van der Waals surface area contributed by atoms with Crippen molar-refractivity contribution in [2.24, 2.45) is 0 Å². The highest BCUT2D eigenvalue weighted by Crippen LogP contribution is 2.56. The van der Waals surface area contributed by atoms with Gasteiger partial charge in [0, 0.05) is 0 Å². The van der Waals surface area contributed by atoms with E-state index in [0.29, 0.717) is 37.1 Å². The van der Waals surface area contributed by atoms with Crippen molar-refractivity contribution in [2.75, 3.05) is 13.2 Å². The lowest BCUT2D eigenvalue weighted by atomic mass is 9.72. The number of benzene rings is 2. The Hall–Kier alpha value is -3.04. The fraction of sp³-hybridized carbons (Fsp3) is 0.517. The number of hydrogen-bond donors (Lipinski definition) is 0. The van der Waals surface area contributed by atoms with Gasteiger partial charge >= 0.3 is 24.3 Å². The minimum absolute atomic E-state index is 0.100. The zero-order chi connectivity index (χ0) is 29.1. The van der Waals surface area contributed by atoms with Crippen LogP contribution < -0.4 is 0 Å². The van der Waals surface area contributed by atoms with Crippen LogP contribution in [0.1, 0.15) is 97.1 Å². The second-order valence-electron chi connectivity index (χ2n) is 9.29. The first-order valence-electron chi connectivity index (χ1n) is 13.1. The lowest BCUT2D eigenvalue weighted by molar-refractivity contribution is -0.288. The molecule has 39 heavy (non-hydrogen) atoms. The Balaban J connectivity index is 2.34. The Bertz CT molecular complexity index is 958. The van der Waals surface area contributed by atoms with Gasteiger partial charge in [0.1, 0.15) is 0 Å². The molecular formula is C29H34F6O4. The van der Waals surface area contributed by atoms with E-state index in [1.807, 2.05) is 13.8 Å². The molecule has 0 unspecified atom stereocenters. The van der Waals surface area contributed by atoms with Crippen molar-refractivity contribution in [3.05, 3.63) is 70.8 Å². The minimum Gasteiger partial charge on any atom is -0.462 e. The fourth-order valence-electron chi connectivity index (χ4n) is 4.25. The maximum Gasteiger partial charge on any atom is 0.411 e. The lowest BCUT2D eigenvalue weighted by Crippen LogP contribution is -2.54. The van der Waals surface area contributed by atoms with E-state index in [2.05, 4.69) is 0 Å². The third kappa shape index (κ3) is 7.99. The second-order valence-corrected chi connectivity index (χ2v) is 9.29. The second kappa shape index (κ2) is 14.4. The highest BCUT2D eigenvalue weighted by molar-refractivity contribution is 5.90. The molecule has 0 saturated heterocycles. The number of hydrogen-bond acceptors (Lipinski definition) is 4. The molecule has 0 aliphatic rings. The van der Waals surface area contributed by atoms with Crippen molar-refractivity contribution in [3.63, 3.8) is 0 Å². The number of alkyl halides is 6. The first kappa shape index (κ1) is 32.2. The van der Waals surface area contributed by atoms with Crippen LogP contribution >= 0.6 is 0 Å². The van der Waals surface area contributed by atoms with Crippen molar-refractivity contribution in [1.29, 1.82) is 0 Å². The number of halogens is 6. The maximum atomic E-state index is 14.4. The van der Waals surface area contributed by atoms with Crippen LogP contribution in [0, 0.1) is 0 Å². The molecule has 0 amide bonds. The van der Waals surface area contributed by atoms with E-state index in [0.717, 1.165) is 62.8 Å². The molecule has 0 bridgehead atoms. The summed E-state index contributed by atoms with van der Waals surface area (Å²) in [6, 6.07) is 6.08. The van der Waals surface area contributed by atoms with Crippen LogP contribution in [-0.4, -0.2) is 37.5 Å². The van der Waals surface area contributed by atoms with E-state index in [-0.39, 0.29) is 24.3 Å². The quantitative estimate of drug-likeness (QED) is 0.132. The number of carbonyl (C=O) groups excluding carboxylic acids is 2. The van der Waals surface area contributed by atoms with Crippen molar-refractivity contribution in [1.82, 2.24) is 0 Å². The first-order chi connectivity index (χ1) is 18.4. The van der Waals surface area contributed by atoms with Gasteiger partial charge in [-0.05, 0) is 48.2 Å². The molecular weight excluding hydrogens is 526 g/mol. The third-order valence-corrected chi connectivity index (χ3v) is 6.42. The molecule has 2 aromatic rings. The van der Waals surface area contributed by atoms with E-state index < -0.39 is 40.8 Å². The molecule has 0 spiro atoms. The molecule has 2 aromatic carbocycles. The minimum atomic E-state index is -5.80. The van der Waals surface area contributed by atoms with Crippen molar-refractivity contribution in [2.45, 2.75) is 83.0 Å². The van der Waals surface area contributed by atoms with Gasteiger partial charge in [0.25, 0.3) is 0 Å². The summed E-state index contributed by atoms with van der Waals surface area (Å²) in [4.78, 5) is 24.4. The number of carbonyl (C=O) groups is 2. The van der Waals surface area contributed by atoms with Crippen LogP contribution in [0.25, 0.3) is 0 Å². The number of ether oxygens (including phenoxy) is 2. The Morgan fingerprint density at radius 3 is 1.18 bits per heavy atom. The smallest absolute Gasteiger partial charge is 0.411 e. The van der Waals surface area contributed by atoms with Gasteiger partial charge in [0.2, 0.25) is 5.41 Å². The molecule has 2 rings (SSSR count). The molecule has 0 aromatic heterocycles. The van der Waals surface area contributed by atoms with Crippen LogP contribution in [-0.2, 0) is 14.9 Å². The predicted octanol–water partition coefficient (Wildman–Crippen LogP) is 8.57. The summed E-state index contributed by atoms with van der Waals surface area (Å²) in [7, 11) is 0. The van der Waals surface area contributed by atoms with Crippen LogP contribution in [0.2, 0.25) is 0 Å². The standard InChI is InChI=1S/C29H34F6O4/c1-3-5-7-9-19-38-25(36)21-11-15-23(16-12-21)27(28(30,31)32,29(33,34)35)24-17-13-22(14-18-24)26(37)39-20-10-8-6-4-2/h11-18H,3-10,19-20H2,1-2H3. The average Bonchev–Trinajstić information content (AvgIpc) is 2.87. The molecule has 0 N–H and O–H groups in total. The monoisotopic (exact) mass is 560 g/mol. The predicted molar refractivity (Wildman–Crippen MR) is 135 cm³/mol. The topological polar surface area (TPSA) is 52.6 Å². The van der Waals surface area contributed by atoms with Gasteiger partial charge in [0.05, 0.1) is 24.3 Å². The first-order valence-corrected chi connectivity index (χ1v) is 13.1. The van der Waals surface area contributed by atoms with Gasteiger partial charge in [-0.15, -0.1) is 0 Å². The summed E-state index contributed by atoms with van der Waals surface area (Å²) in [6.07, 6.45) is -4.88. The van der Waals surface area contributed by atoms with E-state index in [9.17, 15) is 35.9 Å². The Morgan fingerprint density at radius 2 is 0.897 bits per heavy atom. The summed E-state index contributed by atoms with van der Waals surface area (Å²) in [5, 5.41) is 0. The van der Waals surface area contributed by atoms with E-state index in [1.165, 1.54) is 0 Å². The van der Waals surface area contributed by atoms with E-state index >= 15 is 0 Å². The van der Waals surface area contributed by atoms with Crippen molar-refractivity contribution >= 4 is 11.9 Å². The fourth-order valence-corrected chi connectivity index (χ4v) is 4.25. The highest BCUT2D eigenvalue weighted by Gasteiger charge is 2.72. The van der Waals surface area contributed by atoms with Gasteiger partial charge in [0.15, 0.2) is 0 Å². The number of esters is 2. The SMILES string of the molecule is CCCCCCOC(=O)c1ccc(C(c2ccc(C(=O)OCCCCCC)cc2)(C(F)(F)F)C(F)(F)F)cc1. The lowest BCUT2D eigenvalue weighted by Gasteiger charge is -2.38. The number of rotatable bonds is 14. The molecule has 10 heteroatoms. The maximum absolute atomic E-state index is 14.4. The van der Waals surface area contributed by atoms with Crippen LogP contribution in [0.5, 0.6) is 0 Å². The molecule has 0 aliphatic heterocycles. The molecule has 0 fully saturated rings. The van der Waals surface area contributed by atoms with Gasteiger partial charge in [-0.25, -0.2) is 9.59 Å². The normalized spacial score (nSPS) is 12.3. The molecule has 0 aliphatic carbocycles. The molecule has 0 atom stereocenters. The Morgan fingerprint density at radius 1 is 0.564 bits per heavy atom. The Kier molecular flexibility index (Phi) is 11.9. The van der Waals surface area contributed by atoms with Crippen LogP contribution in [0.15, 0.2) is 48.5 Å².